The number of ether oxygens (including phenoxy) is 1. The van der Waals surface area contributed by atoms with E-state index in [2.05, 4.69) is 9.88 Å². The molecular formula is C25H30N4O5. The van der Waals surface area contributed by atoms with Crippen LogP contribution in [0.4, 0.5) is 0 Å². The lowest BCUT2D eigenvalue weighted by Gasteiger charge is -2.27. The molecule has 3 aromatic rings. The summed E-state index contributed by atoms with van der Waals surface area (Å²) in [6.07, 6.45) is 7.05. The molecule has 4 rings (SSSR count). The van der Waals surface area contributed by atoms with Gasteiger partial charge in [0.2, 0.25) is 0 Å². The maximum Gasteiger partial charge on any atom is 0.325 e. The minimum Gasteiger partial charge on any atom is -0.497 e. The molecule has 0 radical (unpaired) electrons. The van der Waals surface area contributed by atoms with Gasteiger partial charge in [-0.15, -0.1) is 0 Å². The zero-order valence-corrected chi connectivity index (χ0v) is 19.3. The zero-order chi connectivity index (χ0) is 24.1. The Morgan fingerprint density at radius 3 is 2.59 bits per heavy atom. The van der Waals surface area contributed by atoms with Gasteiger partial charge < -0.3 is 24.4 Å². The molecule has 9 nitrogen and oxygen atoms in total. The SMILES string of the molecule is COc1ccc2c(c1)c(C(C(=O)O)N1CCCN(CCc3ccncc3)CC1)cn2CC(=O)O. The summed E-state index contributed by atoms with van der Waals surface area (Å²) >= 11 is 0. The third kappa shape index (κ3) is 5.37. The van der Waals surface area contributed by atoms with E-state index in [1.54, 1.807) is 48.5 Å². The molecule has 1 fully saturated rings. The minimum absolute atomic E-state index is 0.238. The second-order valence-corrected chi connectivity index (χ2v) is 8.57. The lowest BCUT2D eigenvalue weighted by atomic mass is 10.0. The Balaban J connectivity index is 1.57. The number of rotatable bonds is 9. The lowest BCUT2D eigenvalue weighted by molar-refractivity contribution is -0.143. The number of carbonyl (C=O) groups is 2. The summed E-state index contributed by atoms with van der Waals surface area (Å²) in [5.74, 6) is -1.32. The Morgan fingerprint density at radius 2 is 1.88 bits per heavy atom. The first-order chi connectivity index (χ1) is 16.5. The van der Waals surface area contributed by atoms with Crippen LogP contribution in [-0.4, -0.2) is 81.3 Å². The Hall–Kier alpha value is -3.43. The highest BCUT2D eigenvalue weighted by molar-refractivity contribution is 5.91. The topological polar surface area (TPSA) is 108 Å². The van der Waals surface area contributed by atoms with Crippen molar-refractivity contribution in [2.45, 2.75) is 25.4 Å². The van der Waals surface area contributed by atoms with Crippen LogP contribution in [0.5, 0.6) is 5.75 Å². The highest BCUT2D eigenvalue weighted by Crippen LogP contribution is 2.33. The van der Waals surface area contributed by atoms with Gasteiger partial charge >= 0.3 is 11.9 Å². The Morgan fingerprint density at radius 1 is 1.09 bits per heavy atom. The van der Waals surface area contributed by atoms with Crippen molar-refractivity contribution in [2.75, 3.05) is 39.8 Å². The van der Waals surface area contributed by atoms with Crippen molar-refractivity contribution >= 4 is 22.8 Å². The number of methoxy groups -OCH3 is 1. The molecule has 1 aliphatic heterocycles. The normalized spacial score (nSPS) is 16.3. The molecule has 2 N–H and O–H groups in total. The van der Waals surface area contributed by atoms with Gasteiger partial charge in [-0.05, 0) is 55.3 Å². The van der Waals surface area contributed by atoms with Gasteiger partial charge in [-0.25, -0.2) is 0 Å². The summed E-state index contributed by atoms with van der Waals surface area (Å²) in [4.78, 5) is 32.4. The van der Waals surface area contributed by atoms with Crippen molar-refractivity contribution in [3.63, 3.8) is 0 Å². The summed E-state index contributed by atoms with van der Waals surface area (Å²) in [6.45, 7) is 3.61. The van der Waals surface area contributed by atoms with Crippen molar-refractivity contribution in [1.82, 2.24) is 19.4 Å². The summed E-state index contributed by atoms with van der Waals surface area (Å²) in [5, 5.41) is 20.3. The van der Waals surface area contributed by atoms with Crippen molar-refractivity contribution in [1.29, 1.82) is 0 Å². The monoisotopic (exact) mass is 466 g/mol. The first-order valence-electron chi connectivity index (χ1n) is 11.4. The second kappa shape index (κ2) is 10.7. The van der Waals surface area contributed by atoms with E-state index in [4.69, 9.17) is 4.74 Å². The van der Waals surface area contributed by atoms with E-state index in [0.717, 1.165) is 32.5 Å². The van der Waals surface area contributed by atoms with Gasteiger partial charge in [0.1, 0.15) is 18.3 Å². The number of hydrogen-bond acceptors (Lipinski definition) is 6. The first kappa shape index (κ1) is 23.7. The first-order valence-corrected chi connectivity index (χ1v) is 11.4. The van der Waals surface area contributed by atoms with E-state index in [9.17, 15) is 19.8 Å². The number of carboxylic acids is 2. The molecule has 2 aromatic heterocycles. The number of hydrogen-bond donors (Lipinski definition) is 2. The quantitative estimate of drug-likeness (QED) is 0.495. The van der Waals surface area contributed by atoms with Crippen LogP contribution in [0, 0.1) is 0 Å². The van der Waals surface area contributed by atoms with Crippen molar-refractivity contribution in [3.05, 3.63) is 60.0 Å². The van der Waals surface area contributed by atoms with Gasteiger partial charge in [0, 0.05) is 61.2 Å². The van der Waals surface area contributed by atoms with Gasteiger partial charge in [-0.3, -0.25) is 19.5 Å². The summed E-state index contributed by atoms with van der Waals surface area (Å²) in [5.41, 5.74) is 2.51. The van der Waals surface area contributed by atoms with Crippen molar-refractivity contribution in [2.24, 2.45) is 0 Å². The highest BCUT2D eigenvalue weighted by Gasteiger charge is 2.32. The van der Waals surface area contributed by atoms with Crippen molar-refractivity contribution < 1.29 is 24.5 Å². The van der Waals surface area contributed by atoms with Crippen LogP contribution in [0.1, 0.15) is 23.6 Å². The number of benzene rings is 1. The van der Waals surface area contributed by atoms with E-state index in [1.165, 1.54) is 5.56 Å². The minimum atomic E-state index is -0.981. The highest BCUT2D eigenvalue weighted by atomic mass is 16.5. The van der Waals surface area contributed by atoms with Crippen LogP contribution in [0.25, 0.3) is 10.9 Å². The summed E-state index contributed by atoms with van der Waals surface area (Å²) in [7, 11) is 1.55. The fourth-order valence-corrected chi connectivity index (χ4v) is 4.72. The van der Waals surface area contributed by atoms with Crippen LogP contribution in [0.2, 0.25) is 0 Å². The van der Waals surface area contributed by atoms with Crippen LogP contribution >= 0.6 is 0 Å². The lowest BCUT2D eigenvalue weighted by Crippen LogP contribution is -2.37. The second-order valence-electron chi connectivity index (χ2n) is 8.57. The fraction of sp³-hybridized carbons (Fsp3) is 0.400. The van der Waals surface area contributed by atoms with Gasteiger partial charge in [-0.2, -0.15) is 0 Å². The number of aromatic nitrogens is 2. The molecule has 1 saturated heterocycles. The molecule has 0 saturated carbocycles. The maximum absolute atomic E-state index is 12.5. The number of carboxylic acid groups (broad SMARTS) is 2. The molecular weight excluding hydrogens is 436 g/mol. The molecule has 0 spiro atoms. The molecule has 1 aromatic carbocycles. The van der Waals surface area contributed by atoms with Gasteiger partial charge in [0.25, 0.3) is 0 Å². The predicted octanol–water partition coefficient (Wildman–Crippen LogP) is 2.51. The van der Waals surface area contributed by atoms with Gasteiger partial charge in [0.15, 0.2) is 0 Å². The van der Waals surface area contributed by atoms with Crippen LogP contribution in [-0.2, 0) is 22.6 Å². The molecule has 0 amide bonds. The molecule has 1 aliphatic rings. The largest absolute Gasteiger partial charge is 0.497 e. The Labute approximate surface area is 198 Å². The molecule has 1 atom stereocenters. The van der Waals surface area contributed by atoms with Crippen LogP contribution in [0.15, 0.2) is 48.9 Å². The Bertz CT molecular complexity index is 1150. The number of pyridine rings is 1. The van der Waals surface area contributed by atoms with E-state index >= 15 is 0 Å². The smallest absolute Gasteiger partial charge is 0.325 e. The summed E-state index contributed by atoms with van der Waals surface area (Å²) in [6, 6.07) is 8.50. The average molecular weight is 467 g/mol. The van der Waals surface area contributed by atoms with Gasteiger partial charge in [0.05, 0.1) is 7.11 Å². The molecule has 34 heavy (non-hydrogen) atoms. The molecule has 1 unspecified atom stereocenters. The zero-order valence-electron chi connectivity index (χ0n) is 19.3. The van der Waals surface area contributed by atoms with Crippen LogP contribution in [0.3, 0.4) is 0 Å². The Kier molecular flexibility index (Phi) is 7.44. The average Bonchev–Trinajstić information content (AvgIpc) is 3.00. The maximum atomic E-state index is 12.5. The third-order valence-electron chi connectivity index (χ3n) is 6.41. The molecule has 180 valence electrons. The van der Waals surface area contributed by atoms with Crippen molar-refractivity contribution in [3.8, 4) is 5.75 Å². The molecule has 3 heterocycles. The predicted molar refractivity (Wildman–Crippen MR) is 127 cm³/mol. The summed E-state index contributed by atoms with van der Waals surface area (Å²) < 4.78 is 6.95. The molecule has 0 bridgehead atoms. The van der Waals surface area contributed by atoms with E-state index in [-0.39, 0.29) is 6.54 Å². The third-order valence-corrected chi connectivity index (χ3v) is 6.41. The van der Waals surface area contributed by atoms with E-state index in [0.29, 0.717) is 35.3 Å². The molecule has 0 aliphatic carbocycles. The standard InChI is InChI=1S/C25H30N4O5/c1-34-19-3-4-22-20(15-19)21(16-29(22)17-23(30)31)24(25(32)33)28-11-2-10-27(13-14-28)12-7-18-5-8-26-9-6-18/h3-6,8-9,15-16,24H,2,7,10-14,17H2,1H3,(H,30,31)(H,32,33). The number of aliphatic carboxylic acids is 2. The van der Waals surface area contributed by atoms with Crippen LogP contribution < -0.4 is 4.74 Å². The van der Waals surface area contributed by atoms with E-state index < -0.39 is 18.0 Å². The molecule has 9 heteroatoms. The number of fused-ring (bicyclic) bond motifs is 1. The van der Waals surface area contributed by atoms with E-state index in [1.807, 2.05) is 17.0 Å². The van der Waals surface area contributed by atoms with Gasteiger partial charge in [-0.1, -0.05) is 0 Å². The fourth-order valence-electron chi connectivity index (χ4n) is 4.72. The number of nitrogens with zero attached hydrogens (tertiary/aromatic N) is 4.